The maximum atomic E-state index is 12.1. The Balaban J connectivity index is 2.90. The van der Waals surface area contributed by atoms with Crippen LogP contribution < -0.4 is 16.4 Å². The molecule has 1 rings (SSSR count). The largest absolute Gasteiger partial charge is 0.389 e. The number of hydrogen-bond acceptors (Lipinski definition) is 3. The fourth-order valence-corrected chi connectivity index (χ4v) is 2.17. The quantitative estimate of drug-likeness (QED) is 0.724. The Morgan fingerprint density at radius 3 is 2.50 bits per heavy atom. The number of nitrogens with one attached hydrogen (secondary N) is 2. The van der Waals surface area contributed by atoms with Crippen LogP contribution in [0.2, 0.25) is 0 Å². The molecular weight excluding hydrogens is 338 g/mol. The summed E-state index contributed by atoms with van der Waals surface area (Å²) in [6.07, 6.45) is 0. The zero-order valence-electron chi connectivity index (χ0n) is 12.1. The van der Waals surface area contributed by atoms with Gasteiger partial charge in [0.05, 0.1) is 0 Å². The number of halogens is 1. The van der Waals surface area contributed by atoms with Crippen molar-refractivity contribution < 1.29 is 4.79 Å². The first kappa shape index (κ1) is 16.9. The highest BCUT2D eigenvalue weighted by atomic mass is 79.9. The summed E-state index contributed by atoms with van der Waals surface area (Å²) in [4.78, 5) is 12.4. The third-order valence-corrected chi connectivity index (χ3v) is 3.22. The van der Waals surface area contributed by atoms with Crippen LogP contribution in [0.5, 0.6) is 0 Å². The summed E-state index contributed by atoms with van der Waals surface area (Å²) >= 11 is 8.42. The van der Waals surface area contributed by atoms with Gasteiger partial charge in [0.25, 0.3) is 0 Å². The second-order valence-electron chi connectivity index (χ2n) is 5.66. The molecule has 0 saturated heterocycles. The predicted octanol–water partition coefficient (Wildman–Crippen LogP) is 2.80. The third kappa shape index (κ3) is 5.09. The van der Waals surface area contributed by atoms with E-state index in [0.717, 1.165) is 15.7 Å². The van der Waals surface area contributed by atoms with E-state index in [-0.39, 0.29) is 11.4 Å². The van der Waals surface area contributed by atoms with Crippen molar-refractivity contribution in [3.8, 4) is 0 Å². The molecule has 1 aromatic carbocycles. The van der Waals surface area contributed by atoms with Crippen LogP contribution in [-0.2, 0) is 4.79 Å². The van der Waals surface area contributed by atoms with E-state index in [1.165, 1.54) is 0 Å². The van der Waals surface area contributed by atoms with Crippen molar-refractivity contribution in [2.24, 2.45) is 5.73 Å². The van der Waals surface area contributed by atoms with Crippen LogP contribution in [0.3, 0.4) is 0 Å². The van der Waals surface area contributed by atoms with E-state index in [2.05, 4.69) is 26.6 Å². The van der Waals surface area contributed by atoms with Crippen molar-refractivity contribution in [3.63, 3.8) is 0 Å². The molecule has 1 atom stereocenters. The summed E-state index contributed by atoms with van der Waals surface area (Å²) in [7, 11) is 0. The van der Waals surface area contributed by atoms with Gasteiger partial charge in [0.1, 0.15) is 11.0 Å². The van der Waals surface area contributed by atoms with Gasteiger partial charge in [-0.25, -0.2) is 0 Å². The first-order chi connectivity index (χ1) is 9.10. The van der Waals surface area contributed by atoms with Gasteiger partial charge in [0, 0.05) is 21.3 Å². The van der Waals surface area contributed by atoms with Gasteiger partial charge in [-0.1, -0.05) is 28.1 Å². The number of hydrogen-bond donors (Lipinski definition) is 3. The summed E-state index contributed by atoms with van der Waals surface area (Å²) < 4.78 is 0.892. The Kier molecular flexibility index (Phi) is 5.53. The van der Waals surface area contributed by atoms with Crippen molar-refractivity contribution in [1.29, 1.82) is 0 Å². The molecule has 1 amide bonds. The minimum absolute atomic E-state index is 0.0774. The van der Waals surface area contributed by atoms with E-state index in [9.17, 15) is 4.79 Å². The molecule has 0 aromatic heterocycles. The molecular formula is C14H20BrN3OS. The normalized spacial score (nSPS) is 12.7. The zero-order valence-corrected chi connectivity index (χ0v) is 14.5. The van der Waals surface area contributed by atoms with Crippen molar-refractivity contribution in [1.82, 2.24) is 5.32 Å². The molecule has 0 aliphatic rings. The SMILES string of the molecule is CC(Nc1cc(Br)ccc1C(N)=S)C(=O)NC(C)(C)C. The Morgan fingerprint density at radius 2 is 2.00 bits per heavy atom. The van der Waals surface area contributed by atoms with E-state index in [0.29, 0.717) is 4.99 Å². The van der Waals surface area contributed by atoms with Gasteiger partial charge in [-0.05, 0) is 45.9 Å². The number of amides is 1. The molecule has 6 heteroatoms. The van der Waals surface area contributed by atoms with Crippen LogP contribution in [0.1, 0.15) is 33.3 Å². The Hall–Kier alpha value is -1.14. The molecule has 0 radical (unpaired) electrons. The summed E-state index contributed by atoms with van der Waals surface area (Å²) in [6, 6.07) is 5.15. The number of rotatable bonds is 4. The van der Waals surface area contributed by atoms with E-state index < -0.39 is 6.04 Å². The summed E-state index contributed by atoms with van der Waals surface area (Å²) in [6.45, 7) is 7.62. The van der Waals surface area contributed by atoms with E-state index >= 15 is 0 Å². The van der Waals surface area contributed by atoms with Gasteiger partial charge in [-0.15, -0.1) is 0 Å². The fourth-order valence-electron chi connectivity index (χ4n) is 1.63. The Labute approximate surface area is 133 Å². The molecule has 0 bridgehead atoms. The van der Waals surface area contributed by atoms with Crippen molar-refractivity contribution >= 4 is 44.7 Å². The molecule has 0 saturated carbocycles. The lowest BCUT2D eigenvalue weighted by atomic mass is 10.1. The van der Waals surface area contributed by atoms with Gasteiger partial charge in [-0.2, -0.15) is 0 Å². The number of carbonyl (C=O) groups excluding carboxylic acids is 1. The summed E-state index contributed by atoms with van der Waals surface area (Å²) in [5, 5.41) is 6.07. The minimum atomic E-state index is -0.392. The molecule has 1 unspecified atom stereocenters. The summed E-state index contributed by atoms with van der Waals surface area (Å²) in [5.74, 6) is -0.0774. The van der Waals surface area contributed by atoms with Crippen molar-refractivity contribution in [2.75, 3.05) is 5.32 Å². The average molecular weight is 358 g/mol. The topological polar surface area (TPSA) is 67.1 Å². The second-order valence-corrected chi connectivity index (χ2v) is 7.01. The monoisotopic (exact) mass is 357 g/mol. The van der Waals surface area contributed by atoms with Gasteiger partial charge in [0.15, 0.2) is 0 Å². The number of benzene rings is 1. The minimum Gasteiger partial charge on any atom is -0.389 e. The van der Waals surface area contributed by atoms with Crippen LogP contribution in [0.15, 0.2) is 22.7 Å². The van der Waals surface area contributed by atoms with Gasteiger partial charge < -0.3 is 16.4 Å². The van der Waals surface area contributed by atoms with Gasteiger partial charge >= 0.3 is 0 Å². The number of nitrogens with two attached hydrogens (primary N) is 1. The van der Waals surface area contributed by atoms with Crippen LogP contribution in [0, 0.1) is 0 Å². The number of anilines is 1. The zero-order chi connectivity index (χ0) is 15.5. The van der Waals surface area contributed by atoms with E-state index in [1.54, 1.807) is 6.92 Å². The molecule has 4 N–H and O–H groups in total. The van der Waals surface area contributed by atoms with E-state index in [1.807, 2.05) is 39.0 Å². The summed E-state index contributed by atoms with van der Waals surface area (Å²) in [5.41, 5.74) is 6.89. The molecule has 20 heavy (non-hydrogen) atoms. The Morgan fingerprint density at radius 1 is 1.40 bits per heavy atom. The van der Waals surface area contributed by atoms with Crippen molar-refractivity contribution in [2.45, 2.75) is 39.3 Å². The van der Waals surface area contributed by atoms with Crippen molar-refractivity contribution in [3.05, 3.63) is 28.2 Å². The predicted molar refractivity (Wildman–Crippen MR) is 91.0 cm³/mol. The highest BCUT2D eigenvalue weighted by Crippen LogP contribution is 2.22. The second kappa shape index (κ2) is 6.54. The van der Waals surface area contributed by atoms with E-state index in [4.69, 9.17) is 18.0 Å². The lowest BCUT2D eigenvalue weighted by Gasteiger charge is -2.24. The molecule has 110 valence electrons. The van der Waals surface area contributed by atoms with Crippen LogP contribution in [-0.4, -0.2) is 22.5 Å². The molecule has 4 nitrogen and oxygen atoms in total. The first-order valence-electron chi connectivity index (χ1n) is 6.28. The molecule has 1 aromatic rings. The van der Waals surface area contributed by atoms with Crippen LogP contribution >= 0.6 is 28.1 Å². The van der Waals surface area contributed by atoms with Gasteiger partial charge in [-0.3, -0.25) is 4.79 Å². The lowest BCUT2D eigenvalue weighted by Crippen LogP contribution is -2.47. The molecule has 0 heterocycles. The lowest BCUT2D eigenvalue weighted by molar-refractivity contribution is -0.122. The highest BCUT2D eigenvalue weighted by molar-refractivity contribution is 9.10. The number of carbonyl (C=O) groups is 1. The Bertz CT molecular complexity index is 526. The molecule has 0 aliphatic heterocycles. The average Bonchev–Trinajstić information content (AvgIpc) is 2.26. The smallest absolute Gasteiger partial charge is 0.242 e. The maximum absolute atomic E-state index is 12.1. The van der Waals surface area contributed by atoms with Crippen LogP contribution in [0.25, 0.3) is 0 Å². The molecule has 0 fully saturated rings. The number of thiocarbonyl (C=S) groups is 1. The van der Waals surface area contributed by atoms with Crippen LogP contribution in [0.4, 0.5) is 5.69 Å². The maximum Gasteiger partial charge on any atom is 0.242 e. The standard InChI is InChI=1S/C14H20BrN3OS/c1-8(13(19)18-14(2,3)4)17-11-7-9(15)5-6-10(11)12(16)20/h5-8,17H,1-4H3,(H2,16,20)(H,18,19). The third-order valence-electron chi connectivity index (χ3n) is 2.51. The molecule has 0 aliphatic carbocycles. The fraction of sp³-hybridized carbons (Fsp3) is 0.429. The van der Waals surface area contributed by atoms with Gasteiger partial charge in [0.2, 0.25) is 5.91 Å². The first-order valence-corrected chi connectivity index (χ1v) is 7.48. The molecule has 0 spiro atoms. The highest BCUT2D eigenvalue weighted by Gasteiger charge is 2.20.